The lowest BCUT2D eigenvalue weighted by molar-refractivity contribution is 0.101. The molecule has 0 atom stereocenters. The van der Waals surface area contributed by atoms with E-state index in [0.29, 0.717) is 27.6 Å². The lowest BCUT2D eigenvalue weighted by atomic mass is 10.2. The van der Waals surface area contributed by atoms with Gasteiger partial charge in [0.05, 0.1) is 10.2 Å². The fourth-order valence-corrected chi connectivity index (χ4v) is 2.76. The lowest BCUT2D eigenvalue weighted by Crippen LogP contribution is -2.17. The Bertz CT molecular complexity index is 722. The topological polar surface area (TPSA) is 60.1 Å². The molecule has 3 rings (SSSR count). The molecule has 21 heavy (non-hydrogen) atoms. The molecule has 4 nitrogen and oxygen atoms in total. The largest absolute Gasteiger partial charge is 0.397 e. The number of hydrogen-bond acceptors (Lipinski definition) is 2. The number of carbonyl (C=O) groups is 1. The number of nitrogen functional groups attached to an aromatic ring is 1. The van der Waals surface area contributed by atoms with E-state index in [0.717, 1.165) is 18.4 Å². The molecule has 2 aromatic rings. The molecule has 6 heteroatoms. The van der Waals surface area contributed by atoms with Crippen molar-refractivity contribution >= 4 is 33.2 Å². The second-order valence-corrected chi connectivity index (χ2v) is 6.19. The number of aryl methyl sites for hydroxylation is 1. The number of nitrogens with two attached hydrogens (primary N) is 1. The summed E-state index contributed by atoms with van der Waals surface area (Å²) in [6.45, 7) is 1.81. The molecule has 1 aromatic heterocycles. The molecular weight excluding hydrogens is 337 g/mol. The first kappa shape index (κ1) is 14.1. The first-order chi connectivity index (χ1) is 9.95. The van der Waals surface area contributed by atoms with Crippen molar-refractivity contribution < 1.29 is 9.18 Å². The summed E-state index contributed by atoms with van der Waals surface area (Å²) in [7, 11) is 0. The van der Waals surface area contributed by atoms with Gasteiger partial charge in [0.25, 0.3) is 5.91 Å². The standard InChI is InChI=1S/C15H15BrFN3O/c1-8-4-11(16)12(17)6-13(8)19-15(21)14-5-9(18)7-20(14)10-2-3-10/h4-7,10H,2-3,18H2,1H3,(H,19,21). The molecule has 110 valence electrons. The van der Waals surface area contributed by atoms with Gasteiger partial charge in [-0.3, -0.25) is 4.79 Å². The van der Waals surface area contributed by atoms with Gasteiger partial charge < -0.3 is 15.6 Å². The Morgan fingerprint density at radius 1 is 1.43 bits per heavy atom. The van der Waals surface area contributed by atoms with Crippen LogP contribution < -0.4 is 11.1 Å². The minimum Gasteiger partial charge on any atom is -0.397 e. The van der Waals surface area contributed by atoms with Crippen molar-refractivity contribution in [3.05, 3.63) is 45.9 Å². The van der Waals surface area contributed by atoms with Crippen LogP contribution in [0.1, 0.15) is 34.9 Å². The maximum atomic E-state index is 13.6. The maximum absolute atomic E-state index is 13.6. The number of rotatable bonds is 3. The SMILES string of the molecule is Cc1cc(Br)c(F)cc1NC(=O)c1cc(N)cn1C1CC1. The van der Waals surface area contributed by atoms with Gasteiger partial charge in [0.15, 0.2) is 0 Å². The van der Waals surface area contributed by atoms with E-state index in [9.17, 15) is 9.18 Å². The molecule has 0 saturated heterocycles. The van der Waals surface area contributed by atoms with Crippen LogP contribution in [0.15, 0.2) is 28.9 Å². The summed E-state index contributed by atoms with van der Waals surface area (Å²) in [6, 6.07) is 4.95. The highest BCUT2D eigenvalue weighted by Gasteiger charge is 2.27. The van der Waals surface area contributed by atoms with E-state index < -0.39 is 5.82 Å². The lowest BCUT2D eigenvalue weighted by Gasteiger charge is -2.11. The van der Waals surface area contributed by atoms with Gasteiger partial charge in [-0.25, -0.2) is 4.39 Å². The minimum atomic E-state index is -0.409. The Morgan fingerprint density at radius 3 is 2.81 bits per heavy atom. The van der Waals surface area contributed by atoms with Crippen LogP contribution in [0.2, 0.25) is 0 Å². The Morgan fingerprint density at radius 2 is 2.14 bits per heavy atom. The molecule has 0 radical (unpaired) electrons. The van der Waals surface area contributed by atoms with Gasteiger partial charge in [0.2, 0.25) is 0 Å². The first-order valence-electron chi connectivity index (χ1n) is 6.70. The number of nitrogens with zero attached hydrogens (tertiary/aromatic N) is 1. The van der Waals surface area contributed by atoms with Crippen LogP contribution in [-0.2, 0) is 0 Å². The van der Waals surface area contributed by atoms with E-state index in [2.05, 4.69) is 21.2 Å². The molecule has 1 fully saturated rings. The molecule has 0 spiro atoms. The fraction of sp³-hybridized carbons (Fsp3) is 0.267. The summed E-state index contributed by atoms with van der Waals surface area (Å²) in [5, 5.41) is 2.75. The normalized spacial score (nSPS) is 14.2. The zero-order chi connectivity index (χ0) is 15.1. The summed E-state index contributed by atoms with van der Waals surface area (Å²) in [4.78, 5) is 12.4. The molecule has 0 aliphatic heterocycles. The van der Waals surface area contributed by atoms with Gasteiger partial charge in [0.1, 0.15) is 11.5 Å². The summed E-state index contributed by atoms with van der Waals surface area (Å²) in [5.41, 5.74) is 8.10. The van der Waals surface area contributed by atoms with Crippen LogP contribution >= 0.6 is 15.9 Å². The quantitative estimate of drug-likeness (QED) is 0.881. The number of anilines is 2. The summed E-state index contributed by atoms with van der Waals surface area (Å²) in [6.07, 6.45) is 3.89. The maximum Gasteiger partial charge on any atom is 0.272 e. The summed E-state index contributed by atoms with van der Waals surface area (Å²) >= 11 is 3.13. The van der Waals surface area contributed by atoms with Crippen molar-refractivity contribution in [1.29, 1.82) is 0 Å². The van der Waals surface area contributed by atoms with E-state index in [4.69, 9.17) is 5.73 Å². The minimum absolute atomic E-state index is 0.275. The fourth-order valence-electron chi connectivity index (χ4n) is 2.30. The van der Waals surface area contributed by atoms with E-state index in [1.165, 1.54) is 6.07 Å². The molecule has 1 aliphatic carbocycles. The molecule has 0 unspecified atom stereocenters. The van der Waals surface area contributed by atoms with Crippen molar-refractivity contribution in [1.82, 2.24) is 4.57 Å². The second-order valence-electron chi connectivity index (χ2n) is 5.33. The van der Waals surface area contributed by atoms with Crippen LogP contribution in [0.5, 0.6) is 0 Å². The van der Waals surface area contributed by atoms with Crippen molar-refractivity contribution in [2.24, 2.45) is 0 Å². The molecular formula is C15H15BrFN3O. The van der Waals surface area contributed by atoms with Gasteiger partial charge in [-0.15, -0.1) is 0 Å². The van der Waals surface area contributed by atoms with Crippen LogP contribution in [0.25, 0.3) is 0 Å². The third-order valence-electron chi connectivity index (χ3n) is 3.56. The van der Waals surface area contributed by atoms with Crippen molar-refractivity contribution in [2.45, 2.75) is 25.8 Å². The molecule has 1 aromatic carbocycles. The second kappa shape index (κ2) is 5.18. The predicted molar refractivity (Wildman–Crippen MR) is 83.9 cm³/mol. The Labute approximate surface area is 130 Å². The highest BCUT2D eigenvalue weighted by atomic mass is 79.9. The predicted octanol–water partition coefficient (Wildman–Crippen LogP) is 3.87. The van der Waals surface area contributed by atoms with Crippen LogP contribution in [0.4, 0.5) is 15.8 Å². The van der Waals surface area contributed by atoms with Gasteiger partial charge in [-0.2, -0.15) is 0 Å². The van der Waals surface area contributed by atoms with Gasteiger partial charge in [0, 0.05) is 17.9 Å². The monoisotopic (exact) mass is 351 g/mol. The molecule has 1 aliphatic rings. The number of nitrogens with one attached hydrogen (secondary N) is 1. The van der Waals surface area contributed by atoms with Crippen LogP contribution in [0.3, 0.4) is 0 Å². The highest BCUT2D eigenvalue weighted by molar-refractivity contribution is 9.10. The van der Waals surface area contributed by atoms with Gasteiger partial charge in [-0.1, -0.05) is 0 Å². The number of amides is 1. The average Bonchev–Trinajstić information content (AvgIpc) is 3.18. The van der Waals surface area contributed by atoms with Crippen molar-refractivity contribution in [2.75, 3.05) is 11.1 Å². The zero-order valence-corrected chi connectivity index (χ0v) is 13.1. The zero-order valence-electron chi connectivity index (χ0n) is 11.5. The third kappa shape index (κ3) is 2.81. The first-order valence-corrected chi connectivity index (χ1v) is 7.49. The molecule has 1 heterocycles. The van der Waals surface area contributed by atoms with Gasteiger partial charge in [-0.05, 0) is 59.5 Å². The van der Waals surface area contributed by atoms with Crippen LogP contribution in [0, 0.1) is 12.7 Å². The molecule has 1 amide bonds. The number of carbonyl (C=O) groups excluding carboxylic acids is 1. The average molecular weight is 352 g/mol. The highest BCUT2D eigenvalue weighted by Crippen LogP contribution is 2.37. The Hall–Kier alpha value is -1.82. The van der Waals surface area contributed by atoms with E-state index >= 15 is 0 Å². The van der Waals surface area contributed by atoms with E-state index in [1.807, 2.05) is 11.5 Å². The molecule has 3 N–H and O–H groups in total. The van der Waals surface area contributed by atoms with Crippen molar-refractivity contribution in [3.63, 3.8) is 0 Å². The van der Waals surface area contributed by atoms with E-state index in [1.54, 1.807) is 18.3 Å². The molecule has 0 bridgehead atoms. The van der Waals surface area contributed by atoms with E-state index in [-0.39, 0.29) is 5.91 Å². The third-order valence-corrected chi connectivity index (χ3v) is 4.17. The number of aromatic nitrogens is 1. The van der Waals surface area contributed by atoms with Crippen molar-refractivity contribution in [3.8, 4) is 0 Å². The Kier molecular flexibility index (Phi) is 3.49. The number of halogens is 2. The Balaban J connectivity index is 1.88. The summed E-state index contributed by atoms with van der Waals surface area (Å²) < 4.78 is 15.9. The number of hydrogen-bond donors (Lipinski definition) is 2. The van der Waals surface area contributed by atoms with Gasteiger partial charge >= 0.3 is 0 Å². The number of benzene rings is 1. The van der Waals surface area contributed by atoms with Crippen LogP contribution in [-0.4, -0.2) is 10.5 Å². The smallest absolute Gasteiger partial charge is 0.272 e. The summed E-state index contributed by atoms with van der Waals surface area (Å²) in [5.74, 6) is -0.684. The molecule has 1 saturated carbocycles.